The van der Waals surface area contributed by atoms with Gasteiger partial charge in [-0.05, 0) is 41.8 Å². The quantitative estimate of drug-likeness (QED) is 0.162. The third-order valence-corrected chi connectivity index (χ3v) is 5.89. The summed E-state index contributed by atoms with van der Waals surface area (Å²) in [4.78, 5) is 47.1. The van der Waals surface area contributed by atoms with Gasteiger partial charge in [0.05, 0.1) is 0 Å². The second-order valence-corrected chi connectivity index (χ2v) is 8.46. The van der Waals surface area contributed by atoms with Gasteiger partial charge < -0.3 is 38.0 Å². The van der Waals surface area contributed by atoms with E-state index in [4.69, 9.17) is 27.4 Å². The molecule has 2 amide bonds. The molecule has 0 fully saturated rings. The Morgan fingerprint density at radius 1 is 0.971 bits per heavy atom. The largest absolute Gasteiger partial charge is 0.480 e. The topological polar surface area (TPSA) is 211 Å². The molecule has 0 bridgehead atoms. The van der Waals surface area contributed by atoms with Crippen molar-refractivity contribution < 1.29 is 29.4 Å². The number of carboxylic acid groups (broad SMARTS) is 2. The molecule has 0 heterocycles. The number of hydrogen-bond donors (Lipinski definition) is 7. The molecule has 10 N–H and O–H groups in total. The summed E-state index contributed by atoms with van der Waals surface area (Å²) in [7, 11) is 0. The average Bonchev–Trinajstić information content (AvgIpc) is 2.79. The van der Waals surface area contributed by atoms with Crippen molar-refractivity contribution in [2.75, 3.05) is 23.8 Å². The van der Waals surface area contributed by atoms with Crippen molar-refractivity contribution in [1.29, 1.82) is 0 Å². The Balaban J connectivity index is 2.12. The maximum atomic E-state index is 12.5. The van der Waals surface area contributed by atoms with Crippen LogP contribution in [0.2, 0.25) is 0 Å². The molecule has 0 aliphatic heterocycles. The van der Waals surface area contributed by atoms with E-state index in [-0.39, 0.29) is 18.6 Å². The predicted molar refractivity (Wildman–Crippen MR) is 129 cm³/mol. The van der Waals surface area contributed by atoms with Crippen LogP contribution in [0.1, 0.15) is 12.8 Å². The van der Waals surface area contributed by atoms with Crippen LogP contribution in [0, 0.1) is 0 Å². The summed E-state index contributed by atoms with van der Waals surface area (Å²) in [6.07, 6.45) is -0.329. The number of nitrogens with two attached hydrogens (primary N) is 3. The van der Waals surface area contributed by atoms with E-state index in [0.29, 0.717) is 16.3 Å². The first-order chi connectivity index (χ1) is 16.1. The number of carbonyl (C=O) groups is 4. The van der Waals surface area contributed by atoms with Gasteiger partial charge in [0, 0.05) is 28.4 Å². The predicted octanol–water partition coefficient (Wildman–Crippen LogP) is 0.488. The van der Waals surface area contributed by atoms with Gasteiger partial charge in [0.25, 0.3) is 0 Å². The summed E-state index contributed by atoms with van der Waals surface area (Å²) < 4.78 is 0. The number of thioether (sulfide) groups is 1. The molecule has 2 aromatic rings. The van der Waals surface area contributed by atoms with E-state index in [2.05, 4.69) is 10.6 Å². The molecule has 0 aliphatic rings. The number of nitrogen functional groups attached to an aromatic ring is 2. The third kappa shape index (κ3) is 8.30. The van der Waals surface area contributed by atoms with Crippen molar-refractivity contribution in [1.82, 2.24) is 10.6 Å². The smallest absolute Gasteiger partial charge is 0.322 e. The molecule has 34 heavy (non-hydrogen) atoms. The van der Waals surface area contributed by atoms with Gasteiger partial charge in [0.1, 0.15) is 18.6 Å². The molecule has 0 saturated carbocycles. The monoisotopic (exact) mass is 489 g/mol. The zero-order valence-corrected chi connectivity index (χ0v) is 19.0. The molecule has 12 heteroatoms. The van der Waals surface area contributed by atoms with E-state index in [1.807, 2.05) is 24.3 Å². The number of rotatable bonds is 12. The molecule has 0 spiro atoms. The number of carboxylic acids is 2. The highest BCUT2D eigenvalue weighted by Gasteiger charge is 2.23. The van der Waals surface area contributed by atoms with Crippen LogP contribution in [0.5, 0.6) is 0 Å². The fraction of sp³-hybridized carbons (Fsp3) is 0.273. The summed E-state index contributed by atoms with van der Waals surface area (Å²) >= 11 is 1.21. The Morgan fingerprint density at radius 2 is 1.62 bits per heavy atom. The lowest BCUT2D eigenvalue weighted by molar-refractivity contribution is -0.139. The van der Waals surface area contributed by atoms with Gasteiger partial charge in [-0.2, -0.15) is 0 Å². The summed E-state index contributed by atoms with van der Waals surface area (Å²) in [5.41, 5.74) is 20.1. The first kappa shape index (κ1) is 26.5. The van der Waals surface area contributed by atoms with E-state index in [9.17, 15) is 19.2 Å². The highest BCUT2D eigenvalue weighted by molar-refractivity contribution is 7.99. The molecule has 0 aromatic heterocycles. The molecule has 2 rings (SSSR count). The maximum absolute atomic E-state index is 12.5. The van der Waals surface area contributed by atoms with Gasteiger partial charge in [0.2, 0.25) is 11.8 Å². The number of aliphatic carboxylic acids is 2. The normalized spacial score (nSPS) is 12.4. The minimum absolute atomic E-state index is 0.0531. The van der Waals surface area contributed by atoms with Crippen LogP contribution in [-0.4, -0.2) is 58.3 Å². The highest BCUT2D eigenvalue weighted by atomic mass is 32.2. The number of benzene rings is 2. The minimum atomic E-state index is -1.24. The lowest BCUT2D eigenvalue weighted by atomic mass is 10.1. The lowest BCUT2D eigenvalue weighted by Crippen LogP contribution is -2.49. The molecule has 2 unspecified atom stereocenters. The molecule has 0 radical (unpaired) electrons. The Kier molecular flexibility index (Phi) is 9.71. The van der Waals surface area contributed by atoms with Crippen LogP contribution < -0.4 is 27.8 Å². The van der Waals surface area contributed by atoms with Crippen LogP contribution in [0.25, 0.3) is 11.1 Å². The molecule has 0 aliphatic carbocycles. The van der Waals surface area contributed by atoms with Gasteiger partial charge >= 0.3 is 11.9 Å². The Labute approximate surface area is 200 Å². The molecule has 0 saturated heterocycles. The van der Waals surface area contributed by atoms with Crippen LogP contribution in [0.3, 0.4) is 0 Å². The lowest BCUT2D eigenvalue weighted by Gasteiger charge is -2.19. The van der Waals surface area contributed by atoms with Gasteiger partial charge in [-0.25, -0.2) is 0 Å². The SMILES string of the molecule is Nc1ccc(-c2ccc(N)c(SCC(NC(=O)CCC(N)C(=O)O)C(=O)NCC(=O)O)c2)cc1. The van der Waals surface area contributed by atoms with E-state index in [1.54, 1.807) is 18.2 Å². The fourth-order valence-electron chi connectivity index (χ4n) is 2.83. The number of nitrogens with one attached hydrogen (secondary N) is 2. The van der Waals surface area contributed by atoms with Crippen molar-refractivity contribution in [3.63, 3.8) is 0 Å². The Bertz CT molecular complexity index is 1050. The second-order valence-electron chi connectivity index (χ2n) is 7.40. The second kappa shape index (κ2) is 12.5. The summed E-state index contributed by atoms with van der Waals surface area (Å²) in [6.45, 7) is -0.617. The van der Waals surface area contributed by atoms with Gasteiger partial charge in [-0.1, -0.05) is 18.2 Å². The number of carbonyl (C=O) groups excluding carboxylic acids is 2. The summed E-state index contributed by atoms with van der Waals surface area (Å²) in [6, 6.07) is 10.4. The Morgan fingerprint density at radius 3 is 2.24 bits per heavy atom. The zero-order chi connectivity index (χ0) is 25.3. The van der Waals surface area contributed by atoms with Crippen LogP contribution in [0.4, 0.5) is 11.4 Å². The maximum Gasteiger partial charge on any atom is 0.322 e. The zero-order valence-electron chi connectivity index (χ0n) is 18.2. The van der Waals surface area contributed by atoms with Gasteiger partial charge in [0.15, 0.2) is 0 Å². The van der Waals surface area contributed by atoms with Crippen molar-refractivity contribution in [3.05, 3.63) is 42.5 Å². The van der Waals surface area contributed by atoms with Crippen molar-refractivity contribution in [2.45, 2.75) is 29.8 Å². The number of anilines is 2. The molecule has 2 atom stereocenters. The summed E-state index contributed by atoms with van der Waals surface area (Å²) in [5, 5.41) is 22.4. The van der Waals surface area contributed by atoms with E-state index < -0.39 is 42.4 Å². The standard InChI is InChI=1S/C22H27N5O6S/c23-14-4-1-12(2-5-14)13-3-6-15(24)18(9-13)34-11-17(21(31)26-10-20(29)30)27-19(28)8-7-16(25)22(32)33/h1-6,9,16-17H,7-8,10-11,23-25H2,(H,26,31)(H,27,28)(H,29,30)(H,32,33). The molecular formula is C22H27N5O6S. The average molecular weight is 490 g/mol. The van der Waals surface area contributed by atoms with E-state index in [1.165, 1.54) is 11.8 Å². The van der Waals surface area contributed by atoms with E-state index in [0.717, 1.165) is 11.1 Å². The minimum Gasteiger partial charge on any atom is -0.480 e. The first-order valence-electron chi connectivity index (χ1n) is 10.2. The van der Waals surface area contributed by atoms with Gasteiger partial charge in [-0.15, -0.1) is 11.8 Å². The van der Waals surface area contributed by atoms with Crippen LogP contribution in [-0.2, 0) is 19.2 Å². The van der Waals surface area contributed by atoms with Crippen molar-refractivity contribution in [3.8, 4) is 11.1 Å². The van der Waals surface area contributed by atoms with Crippen LogP contribution in [0.15, 0.2) is 47.4 Å². The number of amides is 2. The highest BCUT2D eigenvalue weighted by Crippen LogP contribution is 2.31. The molecule has 182 valence electrons. The van der Waals surface area contributed by atoms with Crippen molar-refractivity contribution in [2.24, 2.45) is 5.73 Å². The summed E-state index contributed by atoms with van der Waals surface area (Å²) in [5.74, 6) is -3.71. The Hall–Kier alpha value is -3.77. The third-order valence-electron chi connectivity index (χ3n) is 4.73. The van der Waals surface area contributed by atoms with Gasteiger partial charge in [-0.3, -0.25) is 19.2 Å². The number of hydrogen-bond acceptors (Lipinski definition) is 8. The van der Waals surface area contributed by atoms with Crippen LogP contribution >= 0.6 is 11.8 Å². The van der Waals surface area contributed by atoms with E-state index >= 15 is 0 Å². The molecule has 11 nitrogen and oxygen atoms in total. The molecule has 2 aromatic carbocycles. The van der Waals surface area contributed by atoms with Crippen molar-refractivity contribution >= 4 is 46.9 Å². The fourth-order valence-corrected chi connectivity index (χ4v) is 3.86. The first-order valence-corrected chi connectivity index (χ1v) is 11.2. The molecular weight excluding hydrogens is 462 g/mol.